The Morgan fingerprint density at radius 1 is 1.16 bits per heavy atom. The SMILES string of the molecule is O=C(c1cc(Cl)cc(Cl)c1)N1CCC[C@H](c2nc3ccccc3s2)C1. The molecule has 6 heteroatoms. The van der Waals surface area contributed by atoms with Crippen molar-refractivity contribution in [3.05, 3.63) is 63.1 Å². The van der Waals surface area contributed by atoms with E-state index in [1.165, 1.54) is 4.70 Å². The lowest BCUT2D eigenvalue weighted by atomic mass is 9.98. The molecule has 25 heavy (non-hydrogen) atoms. The zero-order chi connectivity index (χ0) is 17.4. The van der Waals surface area contributed by atoms with Gasteiger partial charge in [-0.05, 0) is 43.2 Å². The van der Waals surface area contributed by atoms with E-state index in [0.29, 0.717) is 22.2 Å². The van der Waals surface area contributed by atoms with E-state index in [2.05, 4.69) is 6.07 Å². The van der Waals surface area contributed by atoms with Crippen LogP contribution in [0.15, 0.2) is 42.5 Å². The lowest BCUT2D eigenvalue weighted by Gasteiger charge is -2.32. The third kappa shape index (κ3) is 3.52. The van der Waals surface area contributed by atoms with Gasteiger partial charge in [0.15, 0.2) is 0 Å². The molecule has 1 amide bonds. The Morgan fingerprint density at radius 2 is 1.92 bits per heavy atom. The fourth-order valence-corrected chi connectivity index (χ4v) is 4.91. The summed E-state index contributed by atoms with van der Waals surface area (Å²) >= 11 is 13.8. The summed E-state index contributed by atoms with van der Waals surface area (Å²) in [6, 6.07) is 13.2. The van der Waals surface area contributed by atoms with Gasteiger partial charge in [0.2, 0.25) is 0 Å². The van der Waals surface area contributed by atoms with Crippen LogP contribution in [0.1, 0.15) is 34.1 Å². The van der Waals surface area contributed by atoms with Gasteiger partial charge in [0.05, 0.1) is 15.2 Å². The van der Waals surface area contributed by atoms with E-state index in [1.807, 2.05) is 23.1 Å². The van der Waals surface area contributed by atoms with Gasteiger partial charge in [0.1, 0.15) is 0 Å². The molecule has 1 atom stereocenters. The molecule has 2 aromatic carbocycles. The second kappa shape index (κ2) is 6.94. The topological polar surface area (TPSA) is 33.2 Å². The van der Waals surface area contributed by atoms with Crippen LogP contribution in [0.2, 0.25) is 10.0 Å². The van der Waals surface area contributed by atoms with Gasteiger partial charge in [0.25, 0.3) is 5.91 Å². The summed E-state index contributed by atoms with van der Waals surface area (Å²) in [5.41, 5.74) is 1.58. The fraction of sp³-hybridized carbons (Fsp3) is 0.263. The third-order valence-corrected chi connectivity index (χ3v) is 6.11. The van der Waals surface area contributed by atoms with Gasteiger partial charge in [0, 0.05) is 34.6 Å². The minimum atomic E-state index is -0.0183. The van der Waals surface area contributed by atoms with Gasteiger partial charge in [-0.2, -0.15) is 0 Å². The first kappa shape index (κ1) is 16.8. The molecule has 0 N–H and O–H groups in total. The van der Waals surface area contributed by atoms with Crippen molar-refractivity contribution in [3.8, 4) is 0 Å². The van der Waals surface area contributed by atoms with Crippen LogP contribution in [-0.2, 0) is 0 Å². The number of nitrogens with zero attached hydrogens (tertiary/aromatic N) is 2. The Morgan fingerprint density at radius 3 is 2.68 bits per heavy atom. The summed E-state index contributed by atoms with van der Waals surface area (Å²) in [4.78, 5) is 19.5. The van der Waals surface area contributed by atoms with E-state index >= 15 is 0 Å². The summed E-state index contributed by atoms with van der Waals surface area (Å²) in [5.74, 6) is 0.264. The molecule has 1 saturated heterocycles. The van der Waals surface area contributed by atoms with Crippen molar-refractivity contribution in [2.45, 2.75) is 18.8 Å². The van der Waals surface area contributed by atoms with Gasteiger partial charge in [-0.1, -0.05) is 35.3 Å². The number of likely N-dealkylation sites (tertiary alicyclic amines) is 1. The number of para-hydroxylation sites is 1. The molecule has 1 aliphatic rings. The number of halogens is 2. The Bertz CT molecular complexity index is 887. The number of rotatable bonds is 2. The standard InChI is InChI=1S/C19H16Cl2N2OS/c20-14-8-13(9-15(21)10-14)19(24)23-7-3-4-12(11-23)18-22-16-5-1-2-6-17(16)25-18/h1-2,5-6,8-10,12H,3-4,7,11H2/t12-/m0/s1. The summed E-state index contributed by atoms with van der Waals surface area (Å²) in [7, 11) is 0. The molecule has 128 valence electrons. The van der Waals surface area contributed by atoms with Crippen LogP contribution >= 0.6 is 34.5 Å². The lowest BCUT2D eigenvalue weighted by molar-refractivity contribution is 0.0707. The van der Waals surface area contributed by atoms with Crippen LogP contribution in [0.3, 0.4) is 0 Å². The van der Waals surface area contributed by atoms with E-state index in [9.17, 15) is 4.79 Å². The molecule has 0 unspecified atom stereocenters. The number of piperidine rings is 1. The number of benzene rings is 2. The second-order valence-corrected chi connectivity index (χ2v) is 8.20. The minimum Gasteiger partial charge on any atom is -0.338 e. The summed E-state index contributed by atoms with van der Waals surface area (Å²) in [5, 5.41) is 2.08. The smallest absolute Gasteiger partial charge is 0.253 e. The molecule has 0 radical (unpaired) electrons. The maximum atomic E-state index is 12.8. The van der Waals surface area contributed by atoms with Gasteiger partial charge in [-0.3, -0.25) is 4.79 Å². The van der Waals surface area contributed by atoms with E-state index in [4.69, 9.17) is 28.2 Å². The van der Waals surface area contributed by atoms with Crippen LogP contribution in [0.25, 0.3) is 10.2 Å². The molecule has 3 aromatic rings. The number of thiazole rings is 1. The van der Waals surface area contributed by atoms with Crippen molar-refractivity contribution in [1.82, 2.24) is 9.88 Å². The van der Waals surface area contributed by atoms with E-state index in [1.54, 1.807) is 29.5 Å². The average Bonchev–Trinajstić information content (AvgIpc) is 3.04. The normalized spacial score (nSPS) is 17.8. The van der Waals surface area contributed by atoms with Crippen LogP contribution in [-0.4, -0.2) is 28.9 Å². The van der Waals surface area contributed by atoms with Crippen molar-refractivity contribution < 1.29 is 4.79 Å². The molecule has 1 fully saturated rings. The second-order valence-electron chi connectivity index (χ2n) is 6.27. The van der Waals surface area contributed by atoms with Gasteiger partial charge >= 0.3 is 0 Å². The number of aromatic nitrogens is 1. The number of hydrogen-bond acceptors (Lipinski definition) is 3. The highest BCUT2D eigenvalue weighted by Gasteiger charge is 2.27. The summed E-state index contributed by atoms with van der Waals surface area (Å²) in [6.07, 6.45) is 2.03. The zero-order valence-corrected chi connectivity index (χ0v) is 15.7. The number of fused-ring (bicyclic) bond motifs is 1. The molecule has 4 rings (SSSR count). The third-order valence-electron chi connectivity index (χ3n) is 4.48. The Balaban J connectivity index is 1.57. The first-order chi connectivity index (χ1) is 12.1. The van der Waals surface area contributed by atoms with Gasteiger partial charge < -0.3 is 4.90 Å². The van der Waals surface area contributed by atoms with E-state index in [-0.39, 0.29) is 11.8 Å². The monoisotopic (exact) mass is 390 g/mol. The molecule has 1 aromatic heterocycles. The van der Waals surface area contributed by atoms with E-state index < -0.39 is 0 Å². The highest BCUT2D eigenvalue weighted by molar-refractivity contribution is 7.18. The summed E-state index contributed by atoms with van der Waals surface area (Å²) in [6.45, 7) is 1.44. The van der Waals surface area contributed by atoms with Gasteiger partial charge in [-0.15, -0.1) is 11.3 Å². The lowest BCUT2D eigenvalue weighted by Crippen LogP contribution is -2.39. The quantitative estimate of drug-likeness (QED) is 0.568. The van der Waals surface area contributed by atoms with Crippen molar-refractivity contribution >= 4 is 50.7 Å². The number of amides is 1. The predicted octanol–water partition coefficient (Wildman–Crippen LogP) is 5.62. The maximum absolute atomic E-state index is 12.8. The molecule has 3 nitrogen and oxygen atoms in total. The highest BCUT2D eigenvalue weighted by atomic mass is 35.5. The average molecular weight is 391 g/mol. The molecular weight excluding hydrogens is 375 g/mol. The Labute approximate surface area is 160 Å². The van der Waals surface area contributed by atoms with Crippen LogP contribution < -0.4 is 0 Å². The van der Waals surface area contributed by atoms with Crippen LogP contribution in [0, 0.1) is 0 Å². The minimum absolute atomic E-state index is 0.0183. The van der Waals surface area contributed by atoms with E-state index in [0.717, 1.165) is 29.9 Å². The zero-order valence-electron chi connectivity index (χ0n) is 13.4. The number of hydrogen-bond donors (Lipinski definition) is 0. The number of carbonyl (C=O) groups is 1. The molecule has 1 aliphatic heterocycles. The van der Waals surface area contributed by atoms with Crippen molar-refractivity contribution in [3.63, 3.8) is 0 Å². The Hall–Kier alpha value is -1.62. The highest BCUT2D eigenvalue weighted by Crippen LogP contribution is 2.33. The molecule has 0 aliphatic carbocycles. The molecule has 0 spiro atoms. The molecule has 0 saturated carbocycles. The Kier molecular flexibility index (Phi) is 4.67. The first-order valence-corrected chi connectivity index (χ1v) is 9.78. The van der Waals surface area contributed by atoms with Crippen molar-refractivity contribution in [2.24, 2.45) is 0 Å². The van der Waals surface area contributed by atoms with Crippen LogP contribution in [0.4, 0.5) is 0 Å². The predicted molar refractivity (Wildman–Crippen MR) is 104 cm³/mol. The molecular formula is C19H16Cl2N2OS. The maximum Gasteiger partial charge on any atom is 0.253 e. The van der Waals surface area contributed by atoms with Crippen LogP contribution in [0.5, 0.6) is 0 Å². The van der Waals surface area contributed by atoms with Crippen molar-refractivity contribution in [1.29, 1.82) is 0 Å². The largest absolute Gasteiger partial charge is 0.338 e. The molecule has 2 heterocycles. The first-order valence-electron chi connectivity index (χ1n) is 8.21. The van der Waals surface area contributed by atoms with Gasteiger partial charge in [-0.25, -0.2) is 4.98 Å². The van der Waals surface area contributed by atoms with Crippen molar-refractivity contribution in [2.75, 3.05) is 13.1 Å². The summed E-state index contributed by atoms with van der Waals surface area (Å²) < 4.78 is 1.20. The fourth-order valence-electron chi connectivity index (χ4n) is 3.29. The molecule has 0 bridgehead atoms. The number of carbonyl (C=O) groups excluding carboxylic acids is 1.